The van der Waals surface area contributed by atoms with Crippen LogP contribution in [0, 0.1) is 5.92 Å². The average molecular weight is 102 g/mol. The van der Waals surface area contributed by atoms with Crippen molar-refractivity contribution < 1.29 is 5.11 Å². The lowest BCUT2D eigenvalue weighted by Crippen LogP contribution is -2.51. The monoisotopic (exact) mass is 102 g/mol. The van der Waals surface area contributed by atoms with Crippen LogP contribution in [0.4, 0.5) is 0 Å². The molecule has 42 valence electrons. The fraction of sp³-hybridized carbons (Fsp3) is 1.00. The Morgan fingerprint density at radius 1 is 1.43 bits per heavy atom. The molecule has 1 aliphatic rings. The lowest BCUT2D eigenvalue weighted by molar-refractivity contribution is 0.0306. The SMILES string of the molecule is NC(N)(O)C1CC1. The normalized spacial score (nSPS) is 22.7. The fourth-order valence-corrected chi connectivity index (χ4v) is 0.546. The second kappa shape index (κ2) is 1.18. The van der Waals surface area contributed by atoms with Crippen LogP contribution in [0.5, 0.6) is 0 Å². The van der Waals surface area contributed by atoms with E-state index in [4.69, 9.17) is 16.6 Å². The van der Waals surface area contributed by atoms with Crippen molar-refractivity contribution in [3.05, 3.63) is 0 Å². The summed E-state index contributed by atoms with van der Waals surface area (Å²) in [5, 5.41) is 8.71. The number of aliphatic hydroxyl groups is 1. The van der Waals surface area contributed by atoms with E-state index in [2.05, 4.69) is 0 Å². The van der Waals surface area contributed by atoms with E-state index in [0.717, 1.165) is 12.8 Å². The van der Waals surface area contributed by atoms with Crippen LogP contribution in [-0.4, -0.2) is 11.0 Å². The third kappa shape index (κ3) is 1.12. The van der Waals surface area contributed by atoms with Crippen molar-refractivity contribution in [1.29, 1.82) is 0 Å². The molecule has 3 heteroatoms. The molecule has 0 saturated heterocycles. The standard InChI is InChI=1S/C4H10N2O/c5-4(6,7)3-1-2-3/h3,7H,1-2,5-6H2. The quantitative estimate of drug-likeness (QED) is 0.370. The van der Waals surface area contributed by atoms with Crippen molar-refractivity contribution in [2.75, 3.05) is 0 Å². The van der Waals surface area contributed by atoms with Crippen LogP contribution in [-0.2, 0) is 0 Å². The van der Waals surface area contributed by atoms with Gasteiger partial charge in [-0.25, -0.2) is 0 Å². The minimum Gasteiger partial charge on any atom is -0.363 e. The highest BCUT2D eigenvalue weighted by Gasteiger charge is 2.37. The van der Waals surface area contributed by atoms with Crippen molar-refractivity contribution in [3.63, 3.8) is 0 Å². The van der Waals surface area contributed by atoms with Gasteiger partial charge >= 0.3 is 0 Å². The van der Waals surface area contributed by atoms with Gasteiger partial charge in [0.05, 0.1) is 0 Å². The fourth-order valence-electron chi connectivity index (χ4n) is 0.546. The van der Waals surface area contributed by atoms with Gasteiger partial charge in [-0.15, -0.1) is 0 Å². The summed E-state index contributed by atoms with van der Waals surface area (Å²) in [7, 11) is 0. The molecular weight excluding hydrogens is 92.1 g/mol. The summed E-state index contributed by atoms with van der Waals surface area (Å²) in [6.07, 6.45) is 1.95. The zero-order valence-corrected chi connectivity index (χ0v) is 4.09. The van der Waals surface area contributed by atoms with Crippen LogP contribution in [0.3, 0.4) is 0 Å². The number of hydrogen-bond acceptors (Lipinski definition) is 3. The summed E-state index contributed by atoms with van der Waals surface area (Å²) >= 11 is 0. The van der Waals surface area contributed by atoms with Gasteiger partial charge in [0, 0.05) is 5.92 Å². The first kappa shape index (κ1) is 5.03. The van der Waals surface area contributed by atoms with Gasteiger partial charge in [0.25, 0.3) is 0 Å². The van der Waals surface area contributed by atoms with Crippen LogP contribution in [0.15, 0.2) is 0 Å². The molecule has 0 aromatic rings. The van der Waals surface area contributed by atoms with Gasteiger partial charge < -0.3 is 5.11 Å². The molecular formula is C4H10N2O. The van der Waals surface area contributed by atoms with Gasteiger partial charge in [-0.1, -0.05) is 0 Å². The molecule has 0 spiro atoms. The smallest absolute Gasteiger partial charge is 0.169 e. The molecule has 1 saturated carbocycles. The zero-order valence-electron chi connectivity index (χ0n) is 4.09. The summed E-state index contributed by atoms with van der Waals surface area (Å²) in [6.45, 7) is 0. The molecule has 1 aliphatic carbocycles. The Morgan fingerprint density at radius 3 is 1.86 bits per heavy atom. The molecule has 3 nitrogen and oxygen atoms in total. The Bertz CT molecular complexity index is 72.2. The third-order valence-corrected chi connectivity index (χ3v) is 1.23. The van der Waals surface area contributed by atoms with Crippen molar-refractivity contribution in [2.45, 2.75) is 18.7 Å². The summed E-state index contributed by atoms with van der Waals surface area (Å²) in [4.78, 5) is 0. The van der Waals surface area contributed by atoms with E-state index in [-0.39, 0.29) is 5.92 Å². The highest BCUT2D eigenvalue weighted by molar-refractivity contribution is 4.85. The minimum absolute atomic E-state index is 0.160. The maximum atomic E-state index is 8.71. The van der Waals surface area contributed by atoms with E-state index in [0.29, 0.717) is 0 Å². The van der Waals surface area contributed by atoms with Crippen molar-refractivity contribution in [1.82, 2.24) is 0 Å². The Balaban J connectivity index is 2.36. The summed E-state index contributed by atoms with van der Waals surface area (Å²) in [5.74, 6) is -1.23. The second-order valence-electron chi connectivity index (χ2n) is 2.16. The third-order valence-electron chi connectivity index (χ3n) is 1.23. The summed E-state index contributed by atoms with van der Waals surface area (Å²) < 4.78 is 0. The van der Waals surface area contributed by atoms with Gasteiger partial charge in [0.15, 0.2) is 5.85 Å². The molecule has 0 unspecified atom stereocenters. The maximum Gasteiger partial charge on any atom is 0.169 e. The molecule has 0 aromatic heterocycles. The van der Waals surface area contributed by atoms with Crippen LogP contribution in [0.2, 0.25) is 0 Å². The molecule has 7 heavy (non-hydrogen) atoms. The molecule has 1 rings (SSSR count). The Hall–Kier alpha value is -0.120. The highest BCUT2D eigenvalue weighted by atomic mass is 16.3. The molecule has 5 N–H and O–H groups in total. The lowest BCUT2D eigenvalue weighted by atomic mass is 10.3. The minimum atomic E-state index is -1.39. The van der Waals surface area contributed by atoms with Gasteiger partial charge in [-0.2, -0.15) is 0 Å². The van der Waals surface area contributed by atoms with Gasteiger partial charge in [-0.05, 0) is 12.8 Å². The van der Waals surface area contributed by atoms with Crippen LogP contribution in [0.1, 0.15) is 12.8 Å². The van der Waals surface area contributed by atoms with Crippen LogP contribution in [0.25, 0.3) is 0 Å². The van der Waals surface area contributed by atoms with Crippen LogP contribution >= 0.6 is 0 Å². The lowest BCUT2D eigenvalue weighted by Gasteiger charge is -2.14. The van der Waals surface area contributed by atoms with E-state index in [1.807, 2.05) is 0 Å². The van der Waals surface area contributed by atoms with Crippen molar-refractivity contribution in [3.8, 4) is 0 Å². The molecule has 0 heterocycles. The zero-order chi connectivity index (χ0) is 5.49. The molecule has 0 aliphatic heterocycles. The molecule has 0 amide bonds. The van der Waals surface area contributed by atoms with Gasteiger partial charge in [0.1, 0.15) is 0 Å². The number of rotatable bonds is 1. The largest absolute Gasteiger partial charge is 0.363 e. The van der Waals surface area contributed by atoms with Crippen LogP contribution < -0.4 is 11.5 Å². The Morgan fingerprint density at radius 2 is 1.86 bits per heavy atom. The predicted octanol–water partition coefficient (Wildman–Crippen LogP) is -1.04. The van der Waals surface area contributed by atoms with E-state index in [1.165, 1.54) is 0 Å². The first-order valence-electron chi connectivity index (χ1n) is 2.41. The molecule has 0 aromatic carbocycles. The number of nitrogens with two attached hydrogens (primary N) is 2. The predicted molar refractivity (Wildman–Crippen MR) is 26.0 cm³/mol. The van der Waals surface area contributed by atoms with E-state index in [9.17, 15) is 0 Å². The summed E-state index contributed by atoms with van der Waals surface area (Å²) in [5.41, 5.74) is 10.1. The average Bonchev–Trinajstić information content (AvgIpc) is 1.99. The molecule has 0 radical (unpaired) electrons. The molecule has 1 fully saturated rings. The van der Waals surface area contributed by atoms with Crippen molar-refractivity contribution >= 4 is 0 Å². The first-order chi connectivity index (χ1) is 3.11. The Labute approximate surface area is 42.3 Å². The maximum absolute atomic E-state index is 8.71. The van der Waals surface area contributed by atoms with Crippen molar-refractivity contribution in [2.24, 2.45) is 17.4 Å². The van der Waals surface area contributed by atoms with E-state index in [1.54, 1.807) is 0 Å². The Kier molecular flexibility index (Phi) is 0.849. The number of hydrogen-bond donors (Lipinski definition) is 3. The highest BCUT2D eigenvalue weighted by Crippen LogP contribution is 2.33. The van der Waals surface area contributed by atoms with Gasteiger partial charge in [-0.3, -0.25) is 11.5 Å². The second-order valence-corrected chi connectivity index (χ2v) is 2.16. The topological polar surface area (TPSA) is 72.3 Å². The van der Waals surface area contributed by atoms with Gasteiger partial charge in [0.2, 0.25) is 0 Å². The summed E-state index contributed by atoms with van der Waals surface area (Å²) in [6, 6.07) is 0. The first-order valence-corrected chi connectivity index (χ1v) is 2.41. The molecule has 0 bridgehead atoms. The van der Waals surface area contributed by atoms with E-state index >= 15 is 0 Å². The molecule has 0 atom stereocenters. The van der Waals surface area contributed by atoms with E-state index < -0.39 is 5.85 Å².